The Labute approximate surface area is 166 Å². The molecule has 29 heavy (non-hydrogen) atoms. The molecule has 0 saturated carbocycles. The third kappa shape index (κ3) is 4.73. The first-order valence-corrected chi connectivity index (χ1v) is 9.51. The van der Waals surface area contributed by atoms with Gasteiger partial charge in [0.2, 0.25) is 5.82 Å². The van der Waals surface area contributed by atoms with Crippen molar-refractivity contribution in [3.63, 3.8) is 0 Å². The van der Waals surface area contributed by atoms with Crippen LogP contribution < -0.4 is 5.32 Å². The highest BCUT2D eigenvalue weighted by molar-refractivity contribution is 5.92. The molecular weight excluding hydrogens is 382 g/mol. The molecule has 1 aliphatic rings. The normalized spacial score (nSPS) is 13.8. The number of halogens is 2. The largest absolute Gasteiger partial charge is 0.351 e. The lowest BCUT2D eigenvalue weighted by molar-refractivity contribution is -0.388. The fraction of sp³-hybridized carbons (Fsp3) is 0.400. The minimum atomic E-state index is -1.44. The number of rotatable bonds is 7. The molecule has 0 spiro atoms. The molecular formula is C20H22F2N4O3. The Hall–Kier alpha value is -2.94. The molecule has 2 heterocycles. The standard InChI is InChI=1S/C20H22F2N4O3/c1-2-3-9-23-20(27)17-7-5-13-11-25(10-8-16(13)24-17)12-14-4-6-15(21)18(22)19(14)26(28)29/h4-7H,2-3,8-12H2,1H3,(H,23,27). The molecule has 0 radical (unpaired) electrons. The molecule has 0 aliphatic carbocycles. The van der Waals surface area contributed by atoms with Crippen LogP contribution in [-0.2, 0) is 19.5 Å². The van der Waals surface area contributed by atoms with Crippen molar-refractivity contribution in [1.29, 1.82) is 0 Å². The van der Waals surface area contributed by atoms with Gasteiger partial charge in [0.15, 0.2) is 5.82 Å². The first-order valence-electron chi connectivity index (χ1n) is 9.51. The van der Waals surface area contributed by atoms with E-state index >= 15 is 0 Å². The summed E-state index contributed by atoms with van der Waals surface area (Å²) in [7, 11) is 0. The maximum Gasteiger partial charge on any atom is 0.312 e. The summed E-state index contributed by atoms with van der Waals surface area (Å²) >= 11 is 0. The van der Waals surface area contributed by atoms with E-state index in [-0.39, 0.29) is 18.0 Å². The van der Waals surface area contributed by atoms with Crippen LogP contribution in [0.15, 0.2) is 24.3 Å². The lowest BCUT2D eigenvalue weighted by atomic mass is 10.0. The highest BCUT2D eigenvalue weighted by Gasteiger charge is 2.27. The molecule has 3 rings (SSSR count). The zero-order valence-electron chi connectivity index (χ0n) is 16.1. The zero-order chi connectivity index (χ0) is 21.0. The molecule has 7 nitrogen and oxygen atoms in total. The van der Waals surface area contributed by atoms with Crippen molar-refractivity contribution in [2.24, 2.45) is 0 Å². The fourth-order valence-electron chi connectivity index (χ4n) is 3.35. The molecule has 1 N–H and O–H groups in total. The van der Waals surface area contributed by atoms with Crippen LogP contribution in [0.3, 0.4) is 0 Å². The van der Waals surface area contributed by atoms with E-state index in [1.54, 1.807) is 6.07 Å². The number of carbonyl (C=O) groups is 1. The van der Waals surface area contributed by atoms with E-state index in [0.29, 0.717) is 31.7 Å². The number of nitro groups is 1. The predicted molar refractivity (Wildman–Crippen MR) is 102 cm³/mol. The molecule has 2 aromatic rings. The molecule has 0 bridgehead atoms. The Balaban J connectivity index is 1.72. The number of hydrogen-bond acceptors (Lipinski definition) is 5. The van der Waals surface area contributed by atoms with Crippen LogP contribution in [0.4, 0.5) is 14.5 Å². The number of nitro benzene ring substituents is 1. The van der Waals surface area contributed by atoms with Crippen molar-refractivity contribution in [2.75, 3.05) is 13.1 Å². The van der Waals surface area contributed by atoms with Gasteiger partial charge < -0.3 is 5.32 Å². The maximum atomic E-state index is 13.9. The lowest BCUT2D eigenvalue weighted by Crippen LogP contribution is -2.32. The summed E-state index contributed by atoms with van der Waals surface area (Å²) in [5, 5.41) is 14.0. The second-order valence-corrected chi connectivity index (χ2v) is 7.00. The number of benzene rings is 1. The van der Waals surface area contributed by atoms with Gasteiger partial charge in [0.05, 0.1) is 4.92 Å². The van der Waals surface area contributed by atoms with Gasteiger partial charge in [-0.05, 0) is 30.2 Å². The number of fused-ring (bicyclic) bond motifs is 1. The third-order valence-corrected chi connectivity index (χ3v) is 4.90. The van der Waals surface area contributed by atoms with E-state index in [0.717, 1.165) is 30.2 Å². The smallest absolute Gasteiger partial charge is 0.312 e. The van der Waals surface area contributed by atoms with Crippen LogP contribution in [-0.4, -0.2) is 33.8 Å². The Morgan fingerprint density at radius 1 is 1.31 bits per heavy atom. The quantitative estimate of drug-likeness (QED) is 0.434. The molecule has 1 aromatic carbocycles. The second-order valence-electron chi connectivity index (χ2n) is 7.00. The van der Waals surface area contributed by atoms with Crippen molar-refractivity contribution in [1.82, 2.24) is 15.2 Å². The highest BCUT2D eigenvalue weighted by Crippen LogP contribution is 2.28. The van der Waals surface area contributed by atoms with Gasteiger partial charge in [0.25, 0.3) is 5.91 Å². The molecule has 1 aliphatic heterocycles. The number of carbonyl (C=O) groups excluding carboxylic acids is 1. The third-order valence-electron chi connectivity index (χ3n) is 4.90. The Bertz CT molecular complexity index is 936. The Morgan fingerprint density at radius 3 is 2.83 bits per heavy atom. The van der Waals surface area contributed by atoms with Gasteiger partial charge in [0.1, 0.15) is 5.69 Å². The lowest BCUT2D eigenvalue weighted by Gasteiger charge is -2.28. The molecule has 0 saturated heterocycles. The van der Waals surface area contributed by atoms with Crippen molar-refractivity contribution in [3.05, 3.63) is 68.5 Å². The van der Waals surface area contributed by atoms with Crippen molar-refractivity contribution < 1.29 is 18.5 Å². The van der Waals surface area contributed by atoms with E-state index in [1.807, 2.05) is 17.9 Å². The van der Waals surface area contributed by atoms with Crippen LogP contribution >= 0.6 is 0 Å². The molecule has 0 atom stereocenters. The summed E-state index contributed by atoms with van der Waals surface area (Å²) < 4.78 is 27.2. The van der Waals surface area contributed by atoms with E-state index in [4.69, 9.17) is 0 Å². The van der Waals surface area contributed by atoms with Crippen molar-refractivity contribution >= 4 is 11.6 Å². The van der Waals surface area contributed by atoms with Crippen LogP contribution in [0.2, 0.25) is 0 Å². The van der Waals surface area contributed by atoms with Crippen LogP contribution in [0.25, 0.3) is 0 Å². The van der Waals surface area contributed by atoms with E-state index < -0.39 is 22.2 Å². The summed E-state index contributed by atoms with van der Waals surface area (Å²) in [6, 6.07) is 5.63. The minimum Gasteiger partial charge on any atom is -0.351 e. The summed E-state index contributed by atoms with van der Waals surface area (Å²) in [4.78, 5) is 28.8. The number of aromatic nitrogens is 1. The Kier molecular flexibility index (Phi) is 6.48. The van der Waals surface area contributed by atoms with Crippen LogP contribution in [0.5, 0.6) is 0 Å². The average molecular weight is 404 g/mol. The number of unbranched alkanes of at least 4 members (excludes halogenated alkanes) is 1. The maximum absolute atomic E-state index is 13.9. The average Bonchev–Trinajstić information content (AvgIpc) is 2.70. The summed E-state index contributed by atoms with van der Waals surface area (Å²) in [6.07, 6.45) is 2.45. The van der Waals surface area contributed by atoms with Gasteiger partial charge in [0, 0.05) is 43.9 Å². The fourth-order valence-corrected chi connectivity index (χ4v) is 3.35. The number of nitrogens with zero attached hydrogens (tertiary/aromatic N) is 3. The summed E-state index contributed by atoms with van der Waals surface area (Å²) in [6.45, 7) is 3.76. The van der Waals surface area contributed by atoms with Gasteiger partial charge in [-0.2, -0.15) is 4.39 Å². The molecule has 0 unspecified atom stereocenters. The van der Waals surface area contributed by atoms with Gasteiger partial charge in [-0.25, -0.2) is 9.37 Å². The number of pyridine rings is 1. The van der Waals surface area contributed by atoms with Gasteiger partial charge in [-0.3, -0.25) is 19.8 Å². The second kappa shape index (κ2) is 9.04. The minimum absolute atomic E-state index is 0.117. The predicted octanol–water partition coefficient (Wildman–Crippen LogP) is 3.36. The number of hydrogen-bond donors (Lipinski definition) is 1. The SMILES string of the molecule is CCCCNC(=O)c1ccc2c(n1)CCN(Cc1ccc(F)c(F)c1[N+](=O)[O-])C2. The van der Waals surface area contributed by atoms with E-state index in [2.05, 4.69) is 10.3 Å². The van der Waals surface area contributed by atoms with E-state index in [9.17, 15) is 23.7 Å². The van der Waals surface area contributed by atoms with Crippen LogP contribution in [0, 0.1) is 21.7 Å². The number of amides is 1. The summed E-state index contributed by atoms with van der Waals surface area (Å²) in [5.74, 6) is -2.88. The first-order chi connectivity index (χ1) is 13.9. The van der Waals surface area contributed by atoms with Gasteiger partial charge >= 0.3 is 5.69 Å². The monoisotopic (exact) mass is 404 g/mol. The van der Waals surface area contributed by atoms with E-state index in [1.165, 1.54) is 6.07 Å². The van der Waals surface area contributed by atoms with Gasteiger partial charge in [-0.15, -0.1) is 0 Å². The van der Waals surface area contributed by atoms with Gasteiger partial charge in [-0.1, -0.05) is 19.4 Å². The van der Waals surface area contributed by atoms with Crippen molar-refractivity contribution in [3.8, 4) is 0 Å². The molecule has 0 fully saturated rings. The molecule has 154 valence electrons. The molecule has 1 amide bonds. The molecule has 9 heteroatoms. The first kappa shape index (κ1) is 20.8. The summed E-state index contributed by atoms with van der Waals surface area (Å²) in [5.41, 5.74) is 1.38. The topological polar surface area (TPSA) is 88.4 Å². The molecule has 1 aromatic heterocycles. The Morgan fingerprint density at radius 2 is 2.10 bits per heavy atom. The highest BCUT2D eigenvalue weighted by atomic mass is 19.2. The van der Waals surface area contributed by atoms with Crippen molar-refractivity contribution in [2.45, 2.75) is 39.3 Å². The van der Waals surface area contributed by atoms with Crippen LogP contribution in [0.1, 0.15) is 47.1 Å². The number of nitrogens with one attached hydrogen (secondary N) is 1. The zero-order valence-corrected chi connectivity index (χ0v) is 16.1.